The van der Waals surface area contributed by atoms with E-state index in [-0.39, 0.29) is 12.0 Å². The zero-order valence-corrected chi connectivity index (χ0v) is 8.50. The molecule has 1 aliphatic heterocycles. The van der Waals surface area contributed by atoms with E-state index in [4.69, 9.17) is 5.14 Å². The van der Waals surface area contributed by atoms with Crippen LogP contribution in [0.5, 0.6) is 0 Å². The van der Waals surface area contributed by atoms with Crippen LogP contribution < -0.4 is 5.14 Å². The molecular weight excluding hydrogens is 192 g/mol. The summed E-state index contributed by atoms with van der Waals surface area (Å²) in [7, 11) is -3.52. The van der Waals surface area contributed by atoms with Crippen molar-refractivity contribution in [3.8, 4) is 0 Å². The number of hydrogen-bond donors (Lipinski definition) is 2. The lowest BCUT2D eigenvalue weighted by Crippen LogP contribution is -2.43. The lowest BCUT2D eigenvalue weighted by molar-refractivity contribution is 0.0912. The fourth-order valence-electron chi connectivity index (χ4n) is 1.61. The van der Waals surface area contributed by atoms with Gasteiger partial charge in [-0.1, -0.05) is 0 Å². The fourth-order valence-corrected chi connectivity index (χ4v) is 2.33. The van der Waals surface area contributed by atoms with Crippen molar-refractivity contribution in [3.05, 3.63) is 0 Å². The number of nitrogens with zero attached hydrogens (tertiary/aromatic N) is 1. The van der Waals surface area contributed by atoms with E-state index >= 15 is 0 Å². The molecule has 0 spiro atoms. The maximum Gasteiger partial charge on any atom is 0.276 e. The highest BCUT2D eigenvalue weighted by Crippen LogP contribution is 2.21. The van der Waals surface area contributed by atoms with Gasteiger partial charge in [0, 0.05) is 13.1 Å². The molecule has 5 nitrogen and oxygen atoms in total. The van der Waals surface area contributed by atoms with Crippen molar-refractivity contribution in [1.82, 2.24) is 4.31 Å². The van der Waals surface area contributed by atoms with Crippen molar-refractivity contribution in [2.24, 2.45) is 11.1 Å². The lowest BCUT2D eigenvalue weighted by atomic mass is 9.93. The molecule has 1 unspecified atom stereocenters. The molecule has 0 amide bonds. The molecule has 6 heteroatoms. The number of piperidine rings is 1. The molecule has 1 fully saturated rings. The van der Waals surface area contributed by atoms with Gasteiger partial charge in [-0.05, 0) is 25.7 Å². The van der Waals surface area contributed by atoms with Crippen LogP contribution in [0.1, 0.15) is 19.8 Å². The van der Waals surface area contributed by atoms with Crippen LogP contribution in [0.15, 0.2) is 0 Å². The molecule has 0 aromatic rings. The highest BCUT2D eigenvalue weighted by atomic mass is 32.2. The van der Waals surface area contributed by atoms with Crippen LogP contribution in [0.2, 0.25) is 0 Å². The third-order valence-corrected chi connectivity index (χ3v) is 3.63. The van der Waals surface area contributed by atoms with E-state index in [2.05, 4.69) is 0 Å². The number of aliphatic hydroxyl groups excluding tert-OH is 1. The molecule has 13 heavy (non-hydrogen) atoms. The summed E-state index contributed by atoms with van der Waals surface area (Å²) < 4.78 is 23.1. The molecule has 0 aromatic heterocycles. The minimum absolute atomic E-state index is 0.206. The molecule has 0 aromatic carbocycles. The van der Waals surface area contributed by atoms with Crippen molar-refractivity contribution in [3.63, 3.8) is 0 Å². The van der Waals surface area contributed by atoms with Crippen LogP contribution in [0.4, 0.5) is 0 Å². The molecule has 0 radical (unpaired) electrons. The number of rotatable bonds is 2. The first-order chi connectivity index (χ1) is 5.91. The summed E-state index contributed by atoms with van der Waals surface area (Å²) in [4.78, 5) is 0. The monoisotopic (exact) mass is 208 g/mol. The summed E-state index contributed by atoms with van der Waals surface area (Å²) in [6.45, 7) is 2.58. The highest BCUT2D eigenvalue weighted by Gasteiger charge is 2.27. The summed E-state index contributed by atoms with van der Waals surface area (Å²) in [5.41, 5.74) is 0. The van der Waals surface area contributed by atoms with Crippen LogP contribution in [0, 0.1) is 5.92 Å². The molecule has 1 rings (SSSR count). The smallest absolute Gasteiger partial charge is 0.276 e. The van der Waals surface area contributed by atoms with Gasteiger partial charge < -0.3 is 5.11 Å². The Hall–Kier alpha value is -0.170. The first kappa shape index (κ1) is 10.9. The quantitative estimate of drug-likeness (QED) is 0.628. The first-order valence-corrected chi connectivity index (χ1v) is 5.87. The predicted octanol–water partition coefficient (Wildman–Crippen LogP) is -0.717. The van der Waals surface area contributed by atoms with Gasteiger partial charge in [-0.3, -0.25) is 0 Å². The van der Waals surface area contributed by atoms with Crippen LogP contribution in [-0.2, 0) is 10.2 Å². The SMILES string of the molecule is CC(O)C1CCN(S(N)(=O)=O)CC1. The molecular formula is C7H16N2O3S. The van der Waals surface area contributed by atoms with Gasteiger partial charge in [-0.2, -0.15) is 12.7 Å². The molecule has 0 bridgehead atoms. The number of aliphatic hydroxyl groups is 1. The molecule has 1 saturated heterocycles. The fraction of sp³-hybridized carbons (Fsp3) is 1.00. The molecule has 0 aliphatic carbocycles. The van der Waals surface area contributed by atoms with Crippen molar-refractivity contribution < 1.29 is 13.5 Å². The molecule has 1 aliphatic rings. The Labute approximate surface area is 78.7 Å². The van der Waals surface area contributed by atoms with Gasteiger partial charge in [-0.25, -0.2) is 5.14 Å². The Bertz CT molecular complexity index is 255. The summed E-state index contributed by atoms with van der Waals surface area (Å²) in [5, 5.41) is 14.2. The molecule has 3 N–H and O–H groups in total. The second-order valence-electron chi connectivity index (χ2n) is 3.52. The maximum absolute atomic E-state index is 10.9. The topological polar surface area (TPSA) is 83.6 Å². The second kappa shape index (κ2) is 3.91. The van der Waals surface area contributed by atoms with Gasteiger partial charge in [0.05, 0.1) is 6.10 Å². The van der Waals surface area contributed by atoms with Crippen molar-refractivity contribution in [2.75, 3.05) is 13.1 Å². The Morgan fingerprint density at radius 3 is 2.23 bits per heavy atom. The summed E-state index contributed by atoms with van der Waals surface area (Å²) >= 11 is 0. The van der Waals surface area contributed by atoms with Crippen molar-refractivity contribution in [2.45, 2.75) is 25.9 Å². The van der Waals surface area contributed by atoms with Crippen LogP contribution in [0.3, 0.4) is 0 Å². The first-order valence-electron chi connectivity index (χ1n) is 4.37. The van der Waals surface area contributed by atoms with E-state index in [0.717, 1.165) is 0 Å². The summed E-state index contributed by atoms with van der Waals surface area (Å²) in [6, 6.07) is 0. The van der Waals surface area contributed by atoms with Gasteiger partial charge in [0.1, 0.15) is 0 Å². The zero-order chi connectivity index (χ0) is 10.1. The van der Waals surface area contributed by atoms with Gasteiger partial charge in [-0.15, -0.1) is 0 Å². The van der Waals surface area contributed by atoms with E-state index < -0.39 is 10.2 Å². The molecule has 1 heterocycles. The second-order valence-corrected chi connectivity index (χ2v) is 5.07. The van der Waals surface area contributed by atoms with E-state index in [0.29, 0.717) is 25.9 Å². The molecule has 78 valence electrons. The summed E-state index contributed by atoms with van der Waals surface area (Å²) in [5.74, 6) is 0.206. The van der Waals surface area contributed by atoms with Gasteiger partial charge in [0.25, 0.3) is 10.2 Å². The average molecular weight is 208 g/mol. The number of nitrogens with two attached hydrogens (primary N) is 1. The predicted molar refractivity (Wildman–Crippen MR) is 49.1 cm³/mol. The Morgan fingerprint density at radius 1 is 1.46 bits per heavy atom. The third kappa shape index (κ3) is 2.91. The largest absolute Gasteiger partial charge is 0.393 e. The van der Waals surface area contributed by atoms with Gasteiger partial charge >= 0.3 is 0 Å². The van der Waals surface area contributed by atoms with Gasteiger partial charge in [0.2, 0.25) is 0 Å². The summed E-state index contributed by atoms with van der Waals surface area (Å²) in [6.07, 6.45) is 1.02. The van der Waals surface area contributed by atoms with Crippen molar-refractivity contribution in [1.29, 1.82) is 0 Å². The molecule has 1 atom stereocenters. The zero-order valence-electron chi connectivity index (χ0n) is 7.68. The minimum Gasteiger partial charge on any atom is -0.393 e. The van der Waals surface area contributed by atoms with Crippen LogP contribution >= 0.6 is 0 Å². The average Bonchev–Trinajstić information content (AvgIpc) is 2.03. The van der Waals surface area contributed by atoms with Crippen LogP contribution in [0.25, 0.3) is 0 Å². The maximum atomic E-state index is 10.9. The Balaban J connectivity index is 2.49. The Morgan fingerprint density at radius 2 is 1.92 bits per heavy atom. The number of hydrogen-bond acceptors (Lipinski definition) is 3. The Kier molecular flexibility index (Phi) is 3.28. The third-order valence-electron chi connectivity index (χ3n) is 2.54. The normalized spacial score (nSPS) is 24.5. The standard InChI is InChI=1S/C7H16N2O3S/c1-6(10)7-2-4-9(5-3-7)13(8,11)12/h6-7,10H,2-5H2,1H3,(H2,8,11,12). The van der Waals surface area contributed by atoms with E-state index in [1.54, 1.807) is 6.92 Å². The van der Waals surface area contributed by atoms with Crippen LogP contribution in [-0.4, -0.2) is 37.0 Å². The highest BCUT2D eigenvalue weighted by molar-refractivity contribution is 7.86. The van der Waals surface area contributed by atoms with E-state index in [1.165, 1.54) is 4.31 Å². The minimum atomic E-state index is -3.52. The van der Waals surface area contributed by atoms with Gasteiger partial charge in [0.15, 0.2) is 0 Å². The van der Waals surface area contributed by atoms with E-state index in [1.807, 2.05) is 0 Å². The van der Waals surface area contributed by atoms with E-state index in [9.17, 15) is 13.5 Å². The van der Waals surface area contributed by atoms with Crippen molar-refractivity contribution >= 4 is 10.2 Å². The lowest BCUT2D eigenvalue weighted by Gasteiger charge is -2.31. The molecule has 0 saturated carbocycles.